The van der Waals surface area contributed by atoms with Crippen LogP contribution in [0.15, 0.2) is 24.3 Å². The second kappa shape index (κ2) is 6.25. The molecule has 7 heteroatoms. The van der Waals surface area contributed by atoms with Crippen LogP contribution < -0.4 is 10.5 Å². The molecule has 7 nitrogen and oxygen atoms in total. The molecular formula is C14H19N5O2. The van der Waals surface area contributed by atoms with Gasteiger partial charge < -0.3 is 15.4 Å². The topological polar surface area (TPSA) is 97.1 Å². The Labute approximate surface area is 123 Å². The fourth-order valence-electron chi connectivity index (χ4n) is 2.06. The summed E-state index contributed by atoms with van der Waals surface area (Å²) in [7, 11) is 3.36. The summed E-state index contributed by atoms with van der Waals surface area (Å²) in [5, 5.41) is 6.19. The standard InChI is InChI=1S/C14H19N5O2/c1-9(8-10-6-4-5-7-11(10)21-3)19(2)13(20)12-16-14(15)18-17-12/h4-7,9H,8H2,1-3H3,(H3,15,16,17,18). The number of nitrogens with one attached hydrogen (secondary N) is 1. The molecule has 0 saturated carbocycles. The molecule has 0 bridgehead atoms. The minimum Gasteiger partial charge on any atom is -0.496 e. The minimum absolute atomic E-state index is 0.0277. The lowest BCUT2D eigenvalue weighted by Gasteiger charge is -2.24. The van der Waals surface area contributed by atoms with Gasteiger partial charge in [0.25, 0.3) is 5.91 Å². The van der Waals surface area contributed by atoms with E-state index in [1.54, 1.807) is 19.1 Å². The van der Waals surface area contributed by atoms with Crippen molar-refractivity contribution in [3.63, 3.8) is 0 Å². The summed E-state index contributed by atoms with van der Waals surface area (Å²) in [6.07, 6.45) is 0.676. The van der Waals surface area contributed by atoms with E-state index in [1.165, 1.54) is 0 Å². The fraction of sp³-hybridized carbons (Fsp3) is 0.357. The second-order valence-corrected chi connectivity index (χ2v) is 4.82. The molecule has 1 aromatic carbocycles. The molecule has 1 atom stereocenters. The van der Waals surface area contributed by atoms with Gasteiger partial charge in [-0.05, 0) is 25.0 Å². The Hall–Kier alpha value is -2.57. The van der Waals surface area contributed by atoms with Crippen molar-refractivity contribution >= 4 is 11.9 Å². The SMILES string of the molecule is COc1ccccc1CC(C)N(C)C(=O)c1nc(N)n[nH]1. The van der Waals surface area contributed by atoms with E-state index in [-0.39, 0.29) is 23.7 Å². The molecule has 1 heterocycles. The number of benzene rings is 1. The van der Waals surface area contributed by atoms with Crippen molar-refractivity contribution in [2.24, 2.45) is 0 Å². The number of rotatable bonds is 5. The number of aromatic amines is 1. The van der Waals surface area contributed by atoms with Crippen LogP contribution in [0.5, 0.6) is 5.75 Å². The lowest BCUT2D eigenvalue weighted by Crippen LogP contribution is -2.37. The van der Waals surface area contributed by atoms with Gasteiger partial charge in [-0.3, -0.25) is 9.89 Å². The molecule has 0 spiro atoms. The number of carbonyl (C=O) groups is 1. The molecular weight excluding hydrogens is 270 g/mol. The largest absolute Gasteiger partial charge is 0.496 e. The number of nitrogen functional groups attached to an aromatic ring is 1. The number of ether oxygens (including phenoxy) is 1. The highest BCUT2D eigenvalue weighted by molar-refractivity contribution is 5.90. The van der Waals surface area contributed by atoms with Gasteiger partial charge in [0.05, 0.1) is 7.11 Å². The highest BCUT2D eigenvalue weighted by Crippen LogP contribution is 2.20. The van der Waals surface area contributed by atoms with E-state index in [4.69, 9.17) is 10.5 Å². The normalized spacial score (nSPS) is 12.0. The molecule has 0 saturated heterocycles. The molecule has 21 heavy (non-hydrogen) atoms. The number of hydrogen-bond acceptors (Lipinski definition) is 5. The predicted molar refractivity (Wildman–Crippen MR) is 79.0 cm³/mol. The van der Waals surface area contributed by atoms with E-state index >= 15 is 0 Å². The van der Waals surface area contributed by atoms with Crippen LogP contribution in [-0.4, -0.2) is 46.2 Å². The number of methoxy groups -OCH3 is 1. The van der Waals surface area contributed by atoms with Gasteiger partial charge in [-0.1, -0.05) is 18.2 Å². The first-order chi connectivity index (χ1) is 10.0. The van der Waals surface area contributed by atoms with Gasteiger partial charge in [0, 0.05) is 13.1 Å². The van der Waals surface area contributed by atoms with Crippen LogP contribution in [0.25, 0.3) is 0 Å². The summed E-state index contributed by atoms with van der Waals surface area (Å²) < 4.78 is 5.33. The number of nitrogens with two attached hydrogens (primary N) is 1. The van der Waals surface area contributed by atoms with Gasteiger partial charge in [0.15, 0.2) is 0 Å². The number of carbonyl (C=O) groups excluding carboxylic acids is 1. The van der Waals surface area contributed by atoms with Crippen molar-refractivity contribution < 1.29 is 9.53 Å². The molecule has 0 aliphatic rings. The third-order valence-electron chi connectivity index (χ3n) is 3.39. The van der Waals surface area contributed by atoms with Gasteiger partial charge in [0.1, 0.15) is 5.75 Å². The minimum atomic E-state index is -0.249. The summed E-state index contributed by atoms with van der Waals surface area (Å²) in [5.41, 5.74) is 6.46. The molecule has 112 valence electrons. The molecule has 1 aromatic heterocycles. The monoisotopic (exact) mass is 289 g/mol. The van der Waals surface area contributed by atoms with Crippen LogP contribution in [0, 0.1) is 0 Å². The van der Waals surface area contributed by atoms with Crippen molar-refractivity contribution in [2.45, 2.75) is 19.4 Å². The summed E-state index contributed by atoms with van der Waals surface area (Å²) in [4.78, 5) is 17.7. The molecule has 1 amide bonds. The van der Waals surface area contributed by atoms with Crippen LogP contribution in [-0.2, 0) is 6.42 Å². The van der Waals surface area contributed by atoms with Gasteiger partial charge in [-0.25, -0.2) is 0 Å². The Balaban J connectivity index is 2.09. The van der Waals surface area contributed by atoms with E-state index in [0.29, 0.717) is 6.42 Å². The number of H-pyrrole nitrogens is 1. The molecule has 2 rings (SSSR count). The predicted octanol–water partition coefficient (Wildman–Crippen LogP) is 1.10. The van der Waals surface area contributed by atoms with Crippen molar-refractivity contribution in [3.05, 3.63) is 35.7 Å². The van der Waals surface area contributed by atoms with Crippen LogP contribution in [0.4, 0.5) is 5.95 Å². The maximum atomic E-state index is 12.2. The highest BCUT2D eigenvalue weighted by atomic mass is 16.5. The Kier molecular flexibility index (Phi) is 4.42. The Morgan fingerprint density at radius 2 is 2.19 bits per heavy atom. The molecule has 0 radical (unpaired) electrons. The van der Waals surface area contributed by atoms with E-state index in [0.717, 1.165) is 11.3 Å². The van der Waals surface area contributed by atoms with Gasteiger partial charge in [-0.2, -0.15) is 4.98 Å². The van der Waals surface area contributed by atoms with E-state index in [1.807, 2.05) is 31.2 Å². The number of hydrogen-bond donors (Lipinski definition) is 2. The lowest BCUT2D eigenvalue weighted by molar-refractivity contribution is 0.0731. The first kappa shape index (κ1) is 14.8. The third kappa shape index (κ3) is 3.31. The van der Waals surface area contributed by atoms with E-state index in [2.05, 4.69) is 15.2 Å². The van der Waals surface area contributed by atoms with Crippen molar-refractivity contribution in [2.75, 3.05) is 19.9 Å². The first-order valence-corrected chi connectivity index (χ1v) is 6.60. The molecule has 0 fully saturated rings. The zero-order valence-electron chi connectivity index (χ0n) is 12.3. The van der Waals surface area contributed by atoms with Crippen LogP contribution in [0.1, 0.15) is 23.1 Å². The number of nitrogens with zero attached hydrogens (tertiary/aromatic N) is 3. The smallest absolute Gasteiger partial charge is 0.291 e. The van der Waals surface area contributed by atoms with Gasteiger partial charge in [-0.15, -0.1) is 5.10 Å². The number of para-hydroxylation sites is 1. The Bertz CT molecular complexity index is 625. The van der Waals surface area contributed by atoms with Crippen LogP contribution in [0.2, 0.25) is 0 Å². The van der Waals surface area contributed by atoms with Crippen LogP contribution in [0.3, 0.4) is 0 Å². The zero-order chi connectivity index (χ0) is 15.4. The zero-order valence-corrected chi connectivity index (χ0v) is 12.3. The summed E-state index contributed by atoms with van der Waals surface area (Å²) in [6, 6.07) is 7.73. The Morgan fingerprint density at radius 1 is 1.48 bits per heavy atom. The summed E-state index contributed by atoms with van der Waals surface area (Å²) in [6.45, 7) is 1.96. The van der Waals surface area contributed by atoms with E-state index < -0.39 is 0 Å². The molecule has 3 N–H and O–H groups in total. The van der Waals surface area contributed by atoms with Crippen LogP contribution >= 0.6 is 0 Å². The maximum Gasteiger partial charge on any atom is 0.291 e. The lowest BCUT2D eigenvalue weighted by atomic mass is 10.1. The number of anilines is 1. The molecule has 1 unspecified atom stereocenters. The van der Waals surface area contributed by atoms with Crippen molar-refractivity contribution in [3.8, 4) is 5.75 Å². The number of aromatic nitrogens is 3. The van der Waals surface area contributed by atoms with Gasteiger partial charge >= 0.3 is 0 Å². The number of amides is 1. The fourth-order valence-corrected chi connectivity index (χ4v) is 2.06. The van der Waals surface area contributed by atoms with Gasteiger partial charge in [0.2, 0.25) is 11.8 Å². The summed E-state index contributed by atoms with van der Waals surface area (Å²) in [5.74, 6) is 0.765. The van der Waals surface area contributed by atoms with E-state index in [9.17, 15) is 4.79 Å². The van der Waals surface area contributed by atoms with Crippen molar-refractivity contribution in [1.82, 2.24) is 20.1 Å². The average molecular weight is 289 g/mol. The quantitative estimate of drug-likeness (QED) is 0.859. The second-order valence-electron chi connectivity index (χ2n) is 4.82. The molecule has 2 aromatic rings. The molecule has 0 aliphatic carbocycles. The first-order valence-electron chi connectivity index (χ1n) is 6.60. The maximum absolute atomic E-state index is 12.2. The van der Waals surface area contributed by atoms with Crippen molar-refractivity contribution in [1.29, 1.82) is 0 Å². The molecule has 0 aliphatic heterocycles. The third-order valence-corrected chi connectivity index (χ3v) is 3.39. The summed E-state index contributed by atoms with van der Waals surface area (Å²) >= 11 is 0. The number of likely N-dealkylation sites (N-methyl/N-ethyl adjacent to an activating group) is 1. The highest BCUT2D eigenvalue weighted by Gasteiger charge is 2.21. The Morgan fingerprint density at radius 3 is 2.81 bits per heavy atom. The average Bonchev–Trinajstić information content (AvgIpc) is 2.92.